The summed E-state index contributed by atoms with van der Waals surface area (Å²) >= 11 is 3.35. The summed E-state index contributed by atoms with van der Waals surface area (Å²) in [4.78, 5) is 0. The van der Waals surface area contributed by atoms with Crippen molar-refractivity contribution in [2.75, 3.05) is 19.7 Å². The lowest BCUT2D eigenvalue weighted by atomic mass is 9.80. The van der Waals surface area contributed by atoms with Crippen LogP contribution in [0, 0.1) is 5.82 Å². The van der Waals surface area contributed by atoms with Crippen LogP contribution in [0.2, 0.25) is 0 Å². The number of hydrogen-bond donors (Lipinski definition) is 2. The first-order valence-corrected chi connectivity index (χ1v) is 5.74. The number of rotatable bonds is 2. The maximum atomic E-state index is 13.0. The molecule has 4 heteroatoms. The topological polar surface area (TPSA) is 32.3 Å². The number of benzene rings is 1. The van der Waals surface area contributed by atoms with Gasteiger partial charge in [-0.1, -0.05) is 22.0 Å². The van der Waals surface area contributed by atoms with Crippen LogP contribution in [0.5, 0.6) is 0 Å². The first kappa shape index (κ1) is 11.0. The molecular weight excluding hydrogens is 261 g/mol. The van der Waals surface area contributed by atoms with Crippen LogP contribution in [-0.4, -0.2) is 24.8 Å². The average molecular weight is 274 g/mol. The smallest absolute Gasteiger partial charge is 0.124 e. The van der Waals surface area contributed by atoms with Crippen molar-refractivity contribution in [1.29, 1.82) is 0 Å². The van der Waals surface area contributed by atoms with Gasteiger partial charge >= 0.3 is 0 Å². The second kappa shape index (κ2) is 4.20. The number of hydrogen-bond acceptors (Lipinski definition) is 2. The molecule has 1 fully saturated rings. The molecule has 1 aliphatic heterocycles. The van der Waals surface area contributed by atoms with Crippen LogP contribution in [0.3, 0.4) is 0 Å². The summed E-state index contributed by atoms with van der Waals surface area (Å²) < 4.78 is 13.7. The molecular formula is C11H13BrFNO. The minimum atomic E-state index is -0.260. The van der Waals surface area contributed by atoms with Crippen molar-refractivity contribution in [3.05, 3.63) is 34.1 Å². The molecule has 15 heavy (non-hydrogen) atoms. The van der Waals surface area contributed by atoms with E-state index in [1.807, 2.05) is 0 Å². The van der Waals surface area contributed by atoms with Gasteiger partial charge in [-0.3, -0.25) is 0 Å². The fourth-order valence-corrected chi connectivity index (χ4v) is 2.88. The van der Waals surface area contributed by atoms with E-state index in [0.717, 1.165) is 29.5 Å². The van der Waals surface area contributed by atoms with Gasteiger partial charge in [0.25, 0.3) is 0 Å². The van der Waals surface area contributed by atoms with Crippen LogP contribution in [0.25, 0.3) is 0 Å². The van der Waals surface area contributed by atoms with Crippen molar-refractivity contribution in [3.63, 3.8) is 0 Å². The van der Waals surface area contributed by atoms with Gasteiger partial charge in [-0.25, -0.2) is 4.39 Å². The first-order chi connectivity index (χ1) is 7.18. The molecule has 0 amide bonds. The zero-order valence-corrected chi connectivity index (χ0v) is 9.85. The lowest BCUT2D eigenvalue weighted by molar-refractivity contribution is 0.205. The summed E-state index contributed by atoms with van der Waals surface area (Å²) in [5.41, 5.74) is 0.725. The summed E-state index contributed by atoms with van der Waals surface area (Å²) in [6.07, 6.45) is 0.883. The predicted molar refractivity (Wildman–Crippen MR) is 60.4 cm³/mol. The van der Waals surface area contributed by atoms with Crippen LogP contribution in [-0.2, 0) is 5.41 Å². The van der Waals surface area contributed by atoms with E-state index in [-0.39, 0.29) is 17.8 Å². The Morgan fingerprint density at radius 2 is 2.33 bits per heavy atom. The molecule has 2 nitrogen and oxygen atoms in total. The lowest BCUT2D eigenvalue weighted by Crippen LogP contribution is -2.33. The largest absolute Gasteiger partial charge is 0.395 e. The van der Waals surface area contributed by atoms with Crippen LogP contribution in [0.15, 0.2) is 22.7 Å². The van der Waals surface area contributed by atoms with Gasteiger partial charge in [0, 0.05) is 16.4 Å². The standard InChI is InChI=1S/C11H13BrFNO/c12-10-5-8(13)1-2-9(10)11(7-15)3-4-14-6-11/h1-2,5,14-15H,3-4,6-7H2. The van der Waals surface area contributed by atoms with Gasteiger partial charge in [-0.15, -0.1) is 0 Å². The van der Waals surface area contributed by atoms with Crippen molar-refractivity contribution in [2.24, 2.45) is 0 Å². The van der Waals surface area contributed by atoms with Crippen LogP contribution < -0.4 is 5.32 Å². The highest BCUT2D eigenvalue weighted by molar-refractivity contribution is 9.10. The van der Waals surface area contributed by atoms with E-state index in [9.17, 15) is 9.50 Å². The third kappa shape index (κ3) is 1.94. The Hall–Kier alpha value is -0.450. The maximum Gasteiger partial charge on any atom is 0.124 e. The highest BCUT2D eigenvalue weighted by atomic mass is 79.9. The first-order valence-electron chi connectivity index (χ1n) is 4.95. The molecule has 0 aromatic heterocycles. The summed E-state index contributed by atoms with van der Waals surface area (Å²) in [6.45, 7) is 1.72. The third-order valence-corrected chi connectivity index (χ3v) is 3.70. The molecule has 82 valence electrons. The van der Waals surface area contributed by atoms with Crippen molar-refractivity contribution in [1.82, 2.24) is 5.32 Å². The molecule has 1 aromatic carbocycles. The Morgan fingerprint density at radius 3 is 2.87 bits per heavy atom. The predicted octanol–water partition coefficient (Wildman–Crippen LogP) is 1.81. The Balaban J connectivity index is 2.42. The summed E-state index contributed by atoms with van der Waals surface area (Å²) in [5.74, 6) is -0.260. The van der Waals surface area contributed by atoms with Crippen LogP contribution >= 0.6 is 15.9 Å². The van der Waals surface area contributed by atoms with Crippen LogP contribution in [0.4, 0.5) is 4.39 Å². The van der Waals surface area contributed by atoms with E-state index in [4.69, 9.17) is 0 Å². The Morgan fingerprint density at radius 1 is 1.53 bits per heavy atom. The van der Waals surface area contributed by atoms with Gasteiger partial charge < -0.3 is 10.4 Å². The van der Waals surface area contributed by atoms with E-state index < -0.39 is 0 Å². The molecule has 0 spiro atoms. The van der Waals surface area contributed by atoms with Gasteiger partial charge in [0.2, 0.25) is 0 Å². The summed E-state index contributed by atoms with van der Waals surface area (Å²) in [7, 11) is 0. The second-order valence-corrected chi connectivity index (χ2v) is 4.84. The van der Waals surface area contributed by atoms with Crippen LogP contribution in [0.1, 0.15) is 12.0 Å². The molecule has 2 rings (SSSR count). The average Bonchev–Trinajstić information content (AvgIpc) is 2.67. The molecule has 0 aliphatic carbocycles. The van der Waals surface area contributed by atoms with Crippen molar-refractivity contribution in [3.8, 4) is 0 Å². The molecule has 1 atom stereocenters. The van der Waals surface area contributed by atoms with Gasteiger partial charge in [-0.05, 0) is 30.7 Å². The molecule has 2 N–H and O–H groups in total. The molecule has 0 saturated carbocycles. The van der Waals surface area contributed by atoms with E-state index in [1.165, 1.54) is 12.1 Å². The number of halogens is 2. The maximum absolute atomic E-state index is 13.0. The third-order valence-electron chi connectivity index (χ3n) is 3.05. The van der Waals surface area contributed by atoms with Gasteiger partial charge in [0.05, 0.1) is 6.61 Å². The fourth-order valence-electron chi connectivity index (χ4n) is 2.11. The highest BCUT2D eigenvalue weighted by Crippen LogP contribution is 2.35. The molecule has 0 bridgehead atoms. The Bertz CT molecular complexity index is 364. The normalized spacial score (nSPS) is 25.8. The molecule has 1 aliphatic rings. The number of nitrogens with one attached hydrogen (secondary N) is 1. The SMILES string of the molecule is OCC1(c2ccc(F)cc2Br)CCNC1. The summed E-state index contributed by atoms with van der Waals surface area (Å²) in [5, 5.41) is 12.7. The highest BCUT2D eigenvalue weighted by Gasteiger charge is 2.36. The molecule has 0 radical (unpaired) electrons. The Labute approximate surface area is 96.6 Å². The monoisotopic (exact) mass is 273 g/mol. The molecule has 1 saturated heterocycles. The zero-order chi connectivity index (χ0) is 10.9. The zero-order valence-electron chi connectivity index (χ0n) is 8.26. The van der Waals surface area contributed by atoms with E-state index in [0.29, 0.717) is 0 Å². The minimum Gasteiger partial charge on any atom is -0.395 e. The van der Waals surface area contributed by atoms with Crippen molar-refractivity contribution < 1.29 is 9.50 Å². The van der Waals surface area contributed by atoms with Gasteiger partial charge in [0.15, 0.2) is 0 Å². The van der Waals surface area contributed by atoms with Gasteiger partial charge in [-0.2, -0.15) is 0 Å². The quantitative estimate of drug-likeness (QED) is 0.862. The summed E-state index contributed by atoms with van der Waals surface area (Å²) in [6, 6.07) is 4.64. The van der Waals surface area contributed by atoms with Crippen molar-refractivity contribution >= 4 is 15.9 Å². The second-order valence-electron chi connectivity index (χ2n) is 3.99. The minimum absolute atomic E-state index is 0.0875. The van der Waals surface area contributed by atoms with E-state index in [1.54, 1.807) is 6.07 Å². The van der Waals surface area contributed by atoms with Crippen molar-refractivity contribution in [2.45, 2.75) is 11.8 Å². The Kier molecular flexibility index (Phi) is 3.09. The molecule has 1 heterocycles. The molecule has 1 unspecified atom stereocenters. The van der Waals surface area contributed by atoms with E-state index >= 15 is 0 Å². The number of aliphatic hydroxyl groups excluding tert-OH is 1. The van der Waals surface area contributed by atoms with E-state index in [2.05, 4.69) is 21.2 Å². The lowest BCUT2D eigenvalue weighted by Gasteiger charge is -2.27. The van der Waals surface area contributed by atoms with Gasteiger partial charge in [0.1, 0.15) is 5.82 Å². The fraction of sp³-hybridized carbons (Fsp3) is 0.455. The number of aliphatic hydroxyl groups is 1. The molecule has 1 aromatic rings.